The van der Waals surface area contributed by atoms with Gasteiger partial charge in [0.05, 0.1) is 0 Å². The lowest BCUT2D eigenvalue weighted by Crippen LogP contribution is -2.29. The van der Waals surface area contributed by atoms with Gasteiger partial charge in [0.25, 0.3) is 0 Å². The van der Waals surface area contributed by atoms with E-state index in [1.54, 1.807) is 0 Å². The quantitative estimate of drug-likeness (QED) is 0.770. The Morgan fingerprint density at radius 3 is 3.09 bits per heavy atom. The SMILES string of the molecule is Cl/C=C(/Cl)CNC1CCSC1. The van der Waals surface area contributed by atoms with Gasteiger partial charge in [-0.15, -0.1) is 0 Å². The predicted octanol–water partition coefficient (Wildman–Crippen LogP) is 2.40. The van der Waals surface area contributed by atoms with Crippen LogP contribution in [0.2, 0.25) is 0 Å². The Hall–Kier alpha value is 0.630. The van der Waals surface area contributed by atoms with Gasteiger partial charge in [-0.3, -0.25) is 0 Å². The van der Waals surface area contributed by atoms with Crippen LogP contribution in [-0.4, -0.2) is 24.1 Å². The first-order valence-corrected chi connectivity index (χ1v) is 5.55. The molecule has 1 atom stereocenters. The molecule has 1 heterocycles. The Labute approximate surface area is 81.5 Å². The van der Waals surface area contributed by atoms with E-state index in [1.807, 2.05) is 11.8 Å². The number of hydrogen-bond donors (Lipinski definition) is 1. The molecule has 1 unspecified atom stereocenters. The molecule has 0 spiro atoms. The van der Waals surface area contributed by atoms with Crippen LogP contribution in [0.25, 0.3) is 0 Å². The molecule has 1 fully saturated rings. The van der Waals surface area contributed by atoms with Crippen LogP contribution in [0.4, 0.5) is 0 Å². The van der Waals surface area contributed by atoms with Crippen molar-refractivity contribution < 1.29 is 0 Å². The highest BCUT2D eigenvalue weighted by Gasteiger charge is 2.13. The average molecular weight is 212 g/mol. The Morgan fingerprint density at radius 1 is 1.73 bits per heavy atom. The topological polar surface area (TPSA) is 12.0 Å². The van der Waals surface area contributed by atoms with Crippen molar-refractivity contribution in [1.29, 1.82) is 0 Å². The third kappa shape index (κ3) is 3.70. The Morgan fingerprint density at radius 2 is 2.55 bits per heavy atom. The fraction of sp³-hybridized carbons (Fsp3) is 0.714. The molecule has 0 aliphatic carbocycles. The van der Waals surface area contributed by atoms with Crippen LogP contribution < -0.4 is 5.32 Å². The third-order valence-electron chi connectivity index (χ3n) is 1.61. The minimum Gasteiger partial charge on any atom is -0.308 e. The van der Waals surface area contributed by atoms with Gasteiger partial charge < -0.3 is 5.32 Å². The molecule has 0 radical (unpaired) electrons. The number of halogens is 2. The van der Waals surface area contributed by atoms with Crippen molar-refractivity contribution in [2.75, 3.05) is 18.1 Å². The van der Waals surface area contributed by atoms with Gasteiger partial charge in [-0.2, -0.15) is 11.8 Å². The summed E-state index contributed by atoms with van der Waals surface area (Å²) in [7, 11) is 0. The van der Waals surface area contributed by atoms with Crippen molar-refractivity contribution in [2.45, 2.75) is 12.5 Å². The highest BCUT2D eigenvalue weighted by molar-refractivity contribution is 7.99. The lowest BCUT2D eigenvalue weighted by atomic mass is 10.3. The molecule has 1 aliphatic rings. The van der Waals surface area contributed by atoms with Gasteiger partial charge in [0.15, 0.2) is 0 Å². The molecule has 1 aliphatic heterocycles. The zero-order valence-corrected chi connectivity index (χ0v) is 8.48. The smallest absolute Gasteiger partial charge is 0.0432 e. The maximum absolute atomic E-state index is 5.70. The van der Waals surface area contributed by atoms with E-state index in [0.717, 1.165) is 0 Å². The van der Waals surface area contributed by atoms with Crippen molar-refractivity contribution in [3.63, 3.8) is 0 Å². The Kier molecular flexibility index (Phi) is 4.69. The van der Waals surface area contributed by atoms with Crippen LogP contribution in [-0.2, 0) is 0 Å². The van der Waals surface area contributed by atoms with Crippen molar-refractivity contribution in [1.82, 2.24) is 5.32 Å². The second-order valence-electron chi connectivity index (χ2n) is 2.50. The molecular formula is C7H11Cl2NS. The van der Waals surface area contributed by atoms with Gasteiger partial charge in [-0.25, -0.2) is 0 Å². The van der Waals surface area contributed by atoms with Gasteiger partial charge in [-0.1, -0.05) is 23.2 Å². The summed E-state index contributed by atoms with van der Waals surface area (Å²) in [5.74, 6) is 2.46. The van der Waals surface area contributed by atoms with E-state index in [-0.39, 0.29) is 0 Å². The average Bonchev–Trinajstić information content (AvgIpc) is 2.52. The third-order valence-corrected chi connectivity index (χ3v) is 3.39. The molecule has 0 aromatic rings. The first kappa shape index (κ1) is 9.72. The zero-order chi connectivity index (χ0) is 8.10. The standard InChI is InChI=1S/C7H11Cl2NS/c8-3-6(9)4-10-7-1-2-11-5-7/h3,7,10H,1-2,4-5H2/b6-3+. The summed E-state index contributed by atoms with van der Waals surface area (Å²) in [5, 5.41) is 4.01. The van der Waals surface area contributed by atoms with Crippen LogP contribution in [0.3, 0.4) is 0 Å². The first-order valence-electron chi connectivity index (χ1n) is 3.59. The maximum atomic E-state index is 5.70. The summed E-state index contributed by atoms with van der Waals surface area (Å²) in [5.41, 5.74) is 1.41. The fourth-order valence-electron chi connectivity index (χ4n) is 0.976. The lowest BCUT2D eigenvalue weighted by Gasteiger charge is -2.09. The van der Waals surface area contributed by atoms with Crippen molar-refractivity contribution in [3.05, 3.63) is 10.6 Å². The monoisotopic (exact) mass is 211 g/mol. The van der Waals surface area contributed by atoms with Gasteiger partial charge in [0, 0.05) is 28.9 Å². The molecule has 0 amide bonds. The van der Waals surface area contributed by atoms with Crippen molar-refractivity contribution in [3.8, 4) is 0 Å². The molecule has 0 saturated carbocycles. The number of hydrogen-bond acceptors (Lipinski definition) is 2. The van der Waals surface area contributed by atoms with E-state index < -0.39 is 0 Å². The maximum Gasteiger partial charge on any atom is 0.0432 e. The predicted molar refractivity (Wildman–Crippen MR) is 53.5 cm³/mol. The lowest BCUT2D eigenvalue weighted by molar-refractivity contribution is 0.592. The second-order valence-corrected chi connectivity index (χ2v) is 4.35. The Balaban J connectivity index is 2.11. The number of thioether (sulfide) groups is 1. The molecule has 1 rings (SSSR count). The summed E-state index contributed by atoms with van der Waals surface area (Å²) >= 11 is 13.1. The largest absolute Gasteiger partial charge is 0.308 e. The second kappa shape index (κ2) is 5.31. The van der Waals surface area contributed by atoms with E-state index in [9.17, 15) is 0 Å². The summed E-state index contributed by atoms with van der Waals surface area (Å²) in [6, 6.07) is 0.630. The van der Waals surface area contributed by atoms with E-state index in [4.69, 9.17) is 23.2 Å². The number of rotatable bonds is 3. The zero-order valence-electron chi connectivity index (χ0n) is 6.15. The molecule has 64 valence electrons. The summed E-state index contributed by atoms with van der Waals surface area (Å²) < 4.78 is 0. The molecule has 1 nitrogen and oxygen atoms in total. The molecule has 0 bridgehead atoms. The van der Waals surface area contributed by atoms with Crippen molar-refractivity contribution >= 4 is 35.0 Å². The molecule has 0 aromatic heterocycles. The van der Waals surface area contributed by atoms with Crippen LogP contribution in [0.5, 0.6) is 0 Å². The molecule has 11 heavy (non-hydrogen) atoms. The summed E-state index contributed by atoms with van der Waals surface area (Å²) in [6.45, 7) is 0.705. The normalized spacial score (nSPS) is 26.0. The van der Waals surface area contributed by atoms with Gasteiger partial charge in [0.2, 0.25) is 0 Å². The minimum absolute atomic E-state index is 0.630. The van der Waals surface area contributed by atoms with Gasteiger partial charge >= 0.3 is 0 Å². The molecule has 0 aromatic carbocycles. The number of nitrogens with one attached hydrogen (secondary N) is 1. The molecule has 1 N–H and O–H groups in total. The van der Waals surface area contributed by atoms with E-state index >= 15 is 0 Å². The molecule has 1 saturated heterocycles. The van der Waals surface area contributed by atoms with Crippen LogP contribution in [0.15, 0.2) is 10.6 Å². The highest BCUT2D eigenvalue weighted by atomic mass is 35.5. The first-order chi connectivity index (χ1) is 5.33. The summed E-state index contributed by atoms with van der Waals surface area (Å²) in [4.78, 5) is 0. The van der Waals surface area contributed by atoms with E-state index in [1.165, 1.54) is 23.5 Å². The molecule has 4 heteroatoms. The van der Waals surface area contributed by atoms with Crippen LogP contribution in [0, 0.1) is 0 Å². The van der Waals surface area contributed by atoms with Crippen LogP contribution >= 0.6 is 35.0 Å². The van der Waals surface area contributed by atoms with Crippen molar-refractivity contribution in [2.24, 2.45) is 0 Å². The fourth-order valence-corrected chi connectivity index (χ4v) is 2.32. The summed E-state index contributed by atoms with van der Waals surface area (Å²) in [6.07, 6.45) is 1.25. The van der Waals surface area contributed by atoms with Gasteiger partial charge in [0.1, 0.15) is 0 Å². The van der Waals surface area contributed by atoms with Gasteiger partial charge in [-0.05, 0) is 12.2 Å². The minimum atomic E-state index is 0.630. The highest BCUT2D eigenvalue weighted by Crippen LogP contribution is 2.17. The van der Waals surface area contributed by atoms with E-state index in [2.05, 4.69) is 5.32 Å². The Bertz CT molecular complexity index is 143. The molecular weight excluding hydrogens is 201 g/mol. The van der Waals surface area contributed by atoms with Crippen LogP contribution in [0.1, 0.15) is 6.42 Å². The van der Waals surface area contributed by atoms with E-state index in [0.29, 0.717) is 17.6 Å².